The maximum absolute atomic E-state index is 13.0. The van der Waals surface area contributed by atoms with E-state index in [4.69, 9.17) is 9.47 Å². The maximum atomic E-state index is 13.0. The fourth-order valence-electron chi connectivity index (χ4n) is 3.57. The smallest absolute Gasteiger partial charge is 0.341 e. The molecule has 1 heterocycles. The van der Waals surface area contributed by atoms with E-state index in [0.29, 0.717) is 22.7 Å². The van der Waals surface area contributed by atoms with Gasteiger partial charge in [-0.2, -0.15) is 0 Å². The second kappa shape index (κ2) is 11.1. The molecule has 0 unspecified atom stereocenters. The summed E-state index contributed by atoms with van der Waals surface area (Å²) in [4.78, 5) is 26.9. The van der Waals surface area contributed by atoms with Gasteiger partial charge in [-0.25, -0.2) is 4.79 Å². The van der Waals surface area contributed by atoms with E-state index >= 15 is 0 Å². The summed E-state index contributed by atoms with van der Waals surface area (Å²) in [6.07, 6.45) is 2.05. The molecule has 3 rings (SSSR count). The SMILES string of the molecule is CCCCOc1ccc(C(=O)Nc2sc(C)c(-c3cc(C)ccc3C)c2C(=O)OCC)cc1. The molecule has 5 nitrogen and oxygen atoms in total. The van der Waals surface area contributed by atoms with Crippen LogP contribution in [0.3, 0.4) is 0 Å². The molecule has 0 radical (unpaired) electrons. The summed E-state index contributed by atoms with van der Waals surface area (Å²) in [6, 6.07) is 13.2. The van der Waals surface area contributed by atoms with Gasteiger partial charge < -0.3 is 14.8 Å². The van der Waals surface area contributed by atoms with Gasteiger partial charge in [-0.15, -0.1) is 11.3 Å². The summed E-state index contributed by atoms with van der Waals surface area (Å²) in [5.41, 5.74) is 4.84. The number of rotatable bonds is 9. The Labute approximate surface area is 199 Å². The van der Waals surface area contributed by atoms with Gasteiger partial charge in [0.25, 0.3) is 5.91 Å². The van der Waals surface area contributed by atoms with E-state index < -0.39 is 5.97 Å². The lowest BCUT2D eigenvalue weighted by Gasteiger charge is -2.12. The van der Waals surface area contributed by atoms with Crippen LogP contribution in [0.25, 0.3) is 11.1 Å². The Kier molecular flexibility index (Phi) is 8.28. The van der Waals surface area contributed by atoms with Crippen molar-refractivity contribution in [3.8, 4) is 16.9 Å². The topological polar surface area (TPSA) is 64.6 Å². The average Bonchev–Trinajstić information content (AvgIpc) is 3.11. The van der Waals surface area contributed by atoms with Crippen molar-refractivity contribution >= 4 is 28.2 Å². The number of hydrogen-bond acceptors (Lipinski definition) is 5. The highest BCUT2D eigenvalue weighted by atomic mass is 32.1. The number of thiophene rings is 1. The number of esters is 1. The lowest BCUT2D eigenvalue weighted by atomic mass is 9.95. The number of anilines is 1. The molecule has 0 fully saturated rings. The van der Waals surface area contributed by atoms with Crippen LogP contribution >= 0.6 is 11.3 Å². The highest BCUT2D eigenvalue weighted by Crippen LogP contribution is 2.42. The van der Waals surface area contributed by atoms with Gasteiger partial charge in [0.15, 0.2) is 0 Å². The van der Waals surface area contributed by atoms with E-state index in [2.05, 4.69) is 18.3 Å². The van der Waals surface area contributed by atoms with E-state index in [1.165, 1.54) is 11.3 Å². The summed E-state index contributed by atoms with van der Waals surface area (Å²) in [6.45, 7) is 10.8. The van der Waals surface area contributed by atoms with Crippen LogP contribution in [0, 0.1) is 20.8 Å². The van der Waals surface area contributed by atoms with Crippen molar-refractivity contribution in [3.05, 3.63) is 69.6 Å². The number of carbonyl (C=O) groups excluding carboxylic acids is 2. The molecule has 0 aliphatic carbocycles. The van der Waals surface area contributed by atoms with E-state index in [1.54, 1.807) is 31.2 Å². The first-order chi connectivity index (χ1) is 15.8. The monoisotopic (exact) mass is 465 g/mol. The van der Waals surface area contributed by atoms with Crippen molar-refractivity contribution < 1.29 is 19.1 Å². The molecule has 0 saturated heterocycles. The van der Waals surface area contributed by atoms with E-state index in [-0.39, 0.29) is 12.5 Å². The third-order valence-corrected chi connectivity index (χ3v) is 6.36. The summed E-state index contributed by atoms with van der Waals surface area (Å²) >= 11 is 1.39. The minimum absolute atomic E-state index is 0.257. The van der Waals surface area contributed by atoms with Crippen molar-refractivity contribution in [3.63, 3.8) is 0 Å². The highest BCUT2D eigenvalue weighted by Gasteiger charge is 2.26. The summed E-state index contributed by atoms with van der Waals surface area (Å²) in [5.74, 6) is 0.0125. The van der Waals surface area contributed by atoms with Crippen molar-refractivity contribution in [2.24, 2.45) is 0 Å². The molecule has 3 aromatic rings. The Hall–Kier alpha value is -3.12. The second-order valence-corrected chi connectivity index (χ2v) is 9.18. The number of benzene rings is 2. The molecule has 33 heavy (non-hydrogen) atoms. The maximum Gasteiger partial charge on any atom is 0.341 e. The molecule has 6 heteroatoms. The summed E-state index contributed by atoms with van der Waals surface area (Å²) in [5, 5.41) is 3.44. The molecule has 0 bridgehead atoms. The van der Waals surface area contributed by atoms with Crippen LogP contribution in [0.4, 0.5) is 5.00 Å². The Morgan fingerprint density at radius 2 is 1.73 bits per heavy atom. The highest BCUT2D eigenvalue weighted by molar-refractivity contribution is 7.17. The van der Waals surface area contributed by atoms with Crippen LogP contribution in [0.5, 0.6) is 5.75 Å². The Bertz CT molecular complexity index is 1130. The van der Waals surface area contributed by atoms with Crippen LogP contribution in [-0.4, -0.2) is 25.1 Å². The molecule has 0 aliphatic rings. The molecule has 1 amide bonds. The first-order valence-electron chi connectivity index (χ1n) is 11.3. The summed E-state index contributed by atoms with van der Waals surface area (Å²) in [7, 11) is 0. The van der Waals surface area contributed by atoms with E-state index in [9.17, 15) is 9.59 Å². The minimum Gasteiger partial charge on any atom is -0.494 e. The number of carbonyl (C=O) groups is 2. The van der Waals surface area contributed by atoms with Gasteiger partial charge in [-0.3, -0.25) is 4.79 Å². The van der Waals surface area contributed by atoms with E-state index in [1.807, 2.05) is 32.9 Å². The summed E-state index contributed by atoms with van der Waals surface area (Å²) < 4.78 is 11.0. The standard InChI is InChI=1S/C27H31NO4S/c1-6-8-15-32-21-13-11-20(12-14-21)25(29)28-26-24(27(30)31-7-2)23(19(5)33-26)22-16-17(3)9-10-18(22)4/h9-14,16H,6-8,15H2,1-5H3,(H,28,29). The molecule has 0 atom stereocenters. The molecule has 0 saturated carbocycles. The number of aryl methyl sites for hydroxylation is 3. The zero-order chi connectivity index (χ0) is 24.0. The van der Waals surface area contributed by atoms with Gasteiger partial charge in [-0.1, -0.05) is 37.1 Å². The third kappa shape index (κ3) is 5.82. The normalized spacial score (nSPS) is 10.7. The molecule has 0 spiro atoms. The van der Waals surface area contributed by atoms with E-state index in [0.717, 1.165) is 45.7 Å². The van der Waals surface area contributed by atoms with Crippen LogP contribution in [0.1, 0.15) is 63.4 Å². The van der Waals surface area contributed by atoms with Gasteiger partial charge in [0.1, 0.15) is 16.3 Å². The van der Waals surface area contributed by atoms with Crippen LogP contribution in [-0.2, 0) is 4.74 Å². The fraction of sp³-hybridized carbons (Fsp3) is 0.333. The zero-order valence-electron chi connectivity index (χ0n) is 19.9. The lowest BCUT2D eigenvalue weighted by Crippen LogP contribution is -2.15. The van der Waals surface area contributed by atoms with Gasteiger partial charge in [-0.05, 0) is 69.5 Å². The first-order valence-corrected chi connectivity index (χ1v) is 12.1. The number of ether oxygens (including phenoxy) is 2. The second-order valence-electron chi connectivity index (χ2n) is 7.96. The van der Waals surface area contributed by atoms with Crippen molar-refractivity contribution in [1.29, 1.82) is 0 Å². The molecule has 2 aromatic carbocycles. The Morgan fingerprint density at radius 1 is 1.00 bits per heavy atom. The average molecular weight is 466 g/mol. The van der Waals surface area contributed by atoms with Crippen molar-refractivity contribution in [2.45, 2.75) is 47.5 Å². The molecule has 0 aliphatic heterocycles. The lowest BCUT2D eigenvalue weighted by molar-refractivity contribution is 0.0529. The number of hydrogen-bond donors (Lipinski definition) is 1. The quantitative estimate of drug-likeness (QED) is 0.274. The minimum atomic E-state index is -0.437. The Balaban J connectivity index is 1.93. The molecular weight excluding hydrogens is 434 g/mol. The van der Waals surface area contributed by atoms with Crippen LogP contribution in [0.2, 0.25) is 0 Å². The molecule has 1 aromatic heterocycles. The predicted octanol–water partition coefficient (Wildman–Crippen LogP) is 6.95. The molecular formula is C27H31NO4S. The van der Waals surface area contributed by atoms with Crippen molar-refractivity contribution in [1.82, 2.24) is 0 Å². The Morgan fingerprint density at radius 3 is 2.39 bits per heavy atom. The zero-order valence-corrected chi connectivity index (χ0v) is 20.7. The molecule has 174 valence electrons. The van der Waals surface area contributed by atoms with Crippen molar-refractivity contribution in [2.75, 3.05) is 18.5 Å². The van der Waals surface area contributed by atoms with Gasteiger partial charge in [0, 0.05) is 16.0 Å². The number of unbranched alkanes of at least 4 members (excludes halogenated alkanes) is 1. The first kappa shape index (κ1) is 24.5. The van der Waals surface area contributed by atoms with Gasteiger partial charge in [0.05, 0.1) is 13.2 Å². The molecule has 1 N–H and O–H groups in total. The number of nitrogens with one attached hydrogen (secondary N) is 1. The number of amides is 1. The van der Waals surface area contributed by atoms with Gasteiger partial charge in [0.2, 0.25) is 0 Å². The third-order valence-electron chi connectivity index (χ3n) is 5.34. The van der Waals surface area contributed by atoms with Crippen LogP contribution < -0.4 is 10.1 Å². The predicted molar refractivity (Wildman–Crippen MR) is 135 cm³/mol. The van der Waals surface area contributed by atoms with Gasteiger partial charge >= 0.3 is 5.97 Å². The van der Waals surface area contributed by atoms with Crippen LogP contribution in [0.15, 0.2) is 42.5 Å². The largest absolute Gasteiger partial charge is 0.494 e. The fourth-order valence-corrected chi connectivity index (χ4v) is 4.62.